The average Bonchev–Trinajstić information content (AvgIpc) is 2.79. The second-order valence-electron chi connectivity index (χ2n) is 5.36. The highest BCUT2D eigenvalue weighted by atomic mass is 16.2. The molecule has 1 aliphatic heterocycles. The molecule has 1 atom stereocenters. The number of rotatable bonds is 3. The van der Waals surface area contributed by atoms with Crippen molar-refractivity contribution in [2.24, 2.45) is 11.7 Å². The molecule has 96 valence electrons. The lowest BCUT2D eigenvalue weighted by molar-refractivity contribution is -0.138. The third-order valence-corrected chi connectivity index (χ3v) is 4.09. The summed E-state index contributed by atoms with van der Waals surface area (Å²) in [5.74, 6) is 0.322. The molecule has 1 aliphatic carbocycles. The molecule has 2 fully saturated rings. The molecule has 1 saturated heterocycles. The van der Waals surface area contributed by atoms with E-state index in [4.69, 9.17) is 5.73 Å². The number of amides is 2. The Hall–Kier alpha value is -1.06. The molecule has 2 aliphatic rings. The van der Waals surface area contributed by atoms with Crippen LogP contribution in [-0.2, 0) is 9.59 Å². The molecular formula is C13H22N2O2. The predicted molar refractivity (Wildman–Crippen MR) is 65.1 cm³/mol. The summed E-state index contributed by atoms with van der Waals surface area (Å²) in [6.07, 6.45) is 8.40. The fourth-order valence-corrected chi connectivity index (χ4v) is 3.12. The van der Waals surface area contributed by atoms with E-state index in [9.17, 15) is 9.59 Å². The van der Waals surface area contributed by atoms with E-state index >= 15 is 0 Å². The van der Waals surface area contributed by atoms with E-state index in [0.717, 1.165) is 12.8 Å². The Morgan fingerprint density at radius 3 is 2.41 bits per heavy atom. The summed E-state index contributed by atoms with van der Waals surface area (Å²) >= 11 is 0. The minimum absolute atomic E-state index is 0.137. The van der Waals surface area contributed by atoms with Crippen LogP contribution in [0, 0.1) is 5.92 Å². The smallest absolute Gasteiger partial charge is 0.240 e. The highest BCUT2D eigenvalue weighted by Crippen LogP contribution is 2.28. The Bertz CT molecular complexity index is 298. The summed E-state index contributed by atoms with van der Waals surface area (Å²) in [5, 5.41) is 0. The molecule has 4 heteroatoms. The van der Waals surface area contributed by atoms with Crippen LogP contribution >= 0.6 is 0 Å². The molecule has 2 rings (SSSR count). The number of likely N-dealkylation sites (tertiary alicyclic amines) is 1. The van der Waals surface area contributed by atoms with Crippen molar-refractivity contribution < 1.29 is 9.59 Å². The largest absolute Gasteiger partial charge is 0.368 e. The van der Waals surface area contributed by atoms with Crippen LogP contribution < -0.4 is 5.73 Å². The zero-order valence-corrected chi connectivity index (χ0v) is 10.4. The lowest BCUT2D eigenvalue weighted by Gasteiger charge is -2.26. The van der Waals surface area contributed by atoms with Crippen LogP contribution in [0.15, 0.2) is 0 Å². The molecule has 0 aromatic heterocycles. The molecule has 2 amide bonds. The summed E-state index contributed by atoms with van der Waals surface area (Å²) in [6.45, 7) is 0.708. The number of primary amides is 1. The van der Waals surface area contributed by atoms with Gasteiger partial charge in [-0.05, 0) is 31.6 Å². The van der Waals surface area contributed by atoms with Gasteiger partial charge in [-0.25, -0.2) is 0 Å². The van der Waals surface area contributed by atoms with E-state index in [-0.39, 0.29) is 17.9 Å². The lowest BCUT2D eigenvalue weighted by Crippen LogP contribution is -2.44. The van der Waals surface area contributed by atoms with Crippen LogP contribution in [0.4, 0.5) is 0 Å². The molecule has 1 saturated carbocycles. The Labute approximate surface area is 103 Å². The van der Waals surface area contributed by atoms with E-state index in [1.54, 1.807) is 4.90 Å². The Morgan fingerprint density at radius 1 is 1.06 bits per heavy atom. The first-order valence-electron chi connectivity index (χ1n) is 6.77. The van der Waals surface area contributed by atoms with Gasteiger partial charge in [-0.2, -0.15) is 0 Å². The molecule has 0 bridgehead atoms. The standard InChI is InChI=1S/C13H22N2O2/c14-13(17)11-7-4-8-15(11)12(16)9-10-5-2-1-3-6-10/h10-11H,1-9H2,(H2,14,17). The molecule has 1 unspecified atom stereocenters. The average molecular weight is 238 g/mol. The fraction of sp³-hybridized carbons (Fsp3) is 0.846. The van der Waals surface area contributed by atoms with Crippen LogP contribution in [0.3, 0.4) is 0 Å². The summed E-state index contributed by atoms with van der Waals surface area (Å²) in [5.41, 5.74) is 5.33. The highest BCUT2D eigenvalue weighted by Gasteiger charge is 2.33. The fourth-order valence-electron chi connectivity index (χ4n) is 3.12. The Kier molecular flexibility index (Phi) is 4.02. The molecule has 4 nitrogen and oxygen atoms in total. The second-order valence-corrected chi connectivity index (χ2v) is 5.36. The molecule has 0 aromatic rings. The van der Waals surface area contributed by atoms with Crippen molar-refractivity contribution in [1.82, 2.24) is 4.90 Å². The summed E-state index contributed by atoms with van der Waals surface area (Å²) in [4.78, 5) is 25.1. The van der Waals surface area contributed by atoms with Gasteiger partial charge in [-0.1, -0.05) is 19.3 Å². The van der Waals surface area contributed by atoms with Crippen molar-refractivity contribution in [1.29, 1.82) is 0 Å². The third-order valence-electron chi connectivity index (χ3n) is 4.09. The van der Waals surface area contributed by atoms with Crippen molar-refractivity contribution >= 4 is 11.8 Å². The van der Waals surface area contributed by atoms with Crippen LogP contribution in [-0.4, -0.2) is 29.3 Å². The third kappa shape index (κ3) is 2.99. The molecule has 2 N–H and O–H groups in total. The number of carbonyl (C=O) groups excluding carboxylic acids is 2. The molecule has 0 spiro atoms. The lowest BCUT2D eigenvalue weighted by atomic mass is 9.86. The molecular weight excluding hydrogens is 216 g/mol. The van der Waals surface area contributed by atoms with E-state index in [1.165, 1.54) is 32.1 Å². The quantitative estimate of drug-likeness (QED) is 0.808. The number of hydrogen-bond acceptors (Lipinski definition) is 2. The zero-order chi connectivity index (χ0) is 12.3. The predicted octanol–water partition coefficient (Wildman–Crippen LogP) is 1.43. The van der Waals surface area contributed by atoms with Gasteiger partial charge in [0.05, 0.1) is 0 Å². The van der Waals surface area contributed by atoms with Crippen molar-refractivity contribution in [2.75, 3.05) is 6.54 Å². The van der Waals surface area contributed by atoms with Crippen LogP contribution in [0.5, 0.6) is 0 Å². The van der Waals surface area contributed by atoms with Crippen LogP contribution in [0.1, 0.15) is 51.4 Å². The second kappa shape index (κ2) is 5.52. The monoisotopic (exact) mass is 238 g/mol. The first-order valence-corrected chi connectivity index (χ1v) is 6.77. The molecule has 0 aromatic carbocycles. The Morgan fingerprint density at radius 2 is 1.76 bits per heavy atom. The van der Waals surface area contributed by atoms with E-state index in [0.29, 0.717) is 18.9 Å². The van der Waals surface area contributed by atoms with Gasteiger partial charge in [0.2, 0.25) is 11.8 Å². The number of nitrogens with zero attached hydrogens (tertiary/aromatic N) is 1. The van der Waals surface area contributed by atoms with E-state index in [1.807, 2.05) is 0 Å². The minimum Gasteiger partial charge on any atom is -0.368 e. The van der Waals surface area contributed by atoms with Gasteiger partial charge in [0.1, 0.15) is 6.04 Å². The van der Waals surface area contributed by atoms with Crippen molar-refractivity contribution in [3.05, 3.63) is 0 Å². The number of nitrogens with two attached hydrogens (primary N) is 1. The van der Waals surface area contributed by atoms with Gasteiger partial charge in [0.25, 0.3) is 0 Å². The molecule has 1 heterocycles. The van der Waals surface area contributed by atoms with Crippen LogP contribution in [0.2, 0.25) is 0 Å². The van der Waals surface area contributed by atoms with E-state index < -0.39 is 0 Å². The summed E-state index contributed by atoms with van der Waals surface area (Å²) in [6, 6.07) is -0.342. The first-order chi connectivity index (χ1) is 8.18. The summed E-state index contributed by atoms with van der Waals surface area (Å²) in [7, 11) is 0. The zero-order valence-electron chi connectivity index (χ0n) is 10.4. The maximum Gasteiger partial charge on any atom is 0.240 e. The summed E-state index contributed by atoms with van der Waals surface area (Å²) < 4.78 is 0. The van der Waals surface area contributed by atoms with Gasteiger partial charge in [0.15, 0.2) is 0 Å². The van der Waals surface area contributed by atoms with Gasteiger partial charge < -0.3 is 10.6 Å². The number of hydrogen-bond donors (Lipinski definition) is 1. The highest BCUT2D eigenvalue weighted by molar-refractivity contribution is 5.87. The SMILES string of the molecule is NC(=O)C1CCCN1C(=O)CC1CCCCC1. The van der Waals surface area contributed by atoms with Crippen molar-refractivity contribution in [3.63, 3.8) is 0 Å². The van der Waals surface area contributed by atoms with Gasteiger partial charge in [-0.3, -0.25) is 9.59 Å². The maximum absolute atomic E-state index is 12.1. The minimum atomic E-state index is -0.348. The Balaban J connectivity index is 1.88. The molecule has 0 radical (unpaired) electrons. The first kappa shape index (κ1) is 12.4. The van der Waals surface area contributed by atoms with Gasteiger partial charge >= 0.3 is 0 Å². The van der Waals surface area contributed by atoms with Gasteiger partial charge in [-0.15, -0.1) is 0 Å². The topological polar surface area (TPSA) is 63.4 Å². The van der Waals surface area contributed by atoms with E-state index in [2.05, 4.69) is 0 Å². The normalized spacial score (nSPS) is 26.1. The maximum atomic E-state index is 12.1. The van der Waals surface area contributed by atoms with Crippen LogP contribution in [0.25, 0.3) is 0 Å². The molecule has 17 heavy (non-hydrogen) atoms. The van der Waals surface area contributed by atoms with Crippen molar-refractivity contribution in [3.8, 4) is 0 Å². The number of carbonyl (C=O) groups is 2. The van der Waals surface area contributed by atoms with Crippen molar-refractivity contribution in [2.45, 2.75) is 57.4 Å². The van der Waals surface area contributed by atoms with Gasteiger partial charge in [0, 0.05) is 13.0 Å².